The zero-order valence-corrected chi connectivity index (χ0v) is 10.9. The van der Waals surface area contributed by atoms with E-state index in [1.165, 1.54) is 7.11 Å². The molecule has 0 aliphatic heterocycles. The summed E-state index contributed by atoms with van der Waals surface area (Å²) >= 11 is 1.57. The normalized spacial score (nSPS) is 10.1. The number of primary amides is 1. The van der Waals surface area contributed by atoms with E-state index in [1.807, 2.05) is 17.5 Å². The van der Waals surface area contributed by atoms with Crippen LogP contribution in [0.25, 0.3) is 10.4 Å². The Hall–Kier alpha value is -2.01. The topological polar surface area (TPSA) is 61.6 Å². The van der Waals surface area contributed by atoms with Gasteiger partial charge < -0.3 is 15.2 Å². The second kappa shape index (κ2) is 5.10. The fraction of sp³-hybridized carbons (Fsp3) is 0.154. The van der Waals surface area contributed by atoms with Crippen LogP contribution in [0.15, 0.2) is 29.6 Å². The fourth-order valence-corrected chi connectivity index (χ4v) is 2.46. The first-order valence-electron chi connectivity index (χ1n) is 5.27. The summed E-state index contributed by atoms with van der Waals surface area (Å²) < 4.78 is 10.5. The number of hydrogen-bond donors (Lipinski definition) is 1. The maximum atomic E-state index is 11.4. The zero-order valence-electron chi connectivity index (χ0n) is 10.1. The van der Waals surface area contributed by atoms with Crippen molar-refractivity contribution in [1.29, 1.82) is 0 Å². The van der Waals surface area contributed by atoms with Gasteiger partial charge in [0.2, 0.25) is 0 Å². The van der Waals surface area contributed by atoms with E-state index in [0.717, 1.165) is 10.4 Å². The zero-order chi connectivity index (χ0) is 13.1. The van der Waals surface area contributed by atoms with Crippen molar-refractivity contribution in [3.05, 3.63) is 35.2 Å². The third-order valence-electron chi connectivity index (χ3n) is 2.57. The molecule has 1 heterocycles. The molecule has 18 heavy (non-hydrogen) atoms. The number of amides is 1. The molecule has 0 atom stereocenters. The number of hydrogen-bond acceptors (Lipinski definition) is 4. The molecule has 0 unspecified atom stereocenters. The van der Waals surface area contributed by atoms with Gasteiger partial charge in [-0.2, -0.15) is 0 Å². The van der Waals surface area contributed by atoms with Crippen LogP contribution in [0.3, 0.4) is 0 Å². The van der Waals surface area contributed by atoms with E-state index in [4.69, 9.17) is 15.2 Å². The van der Waals surface area contributed by atoms with E-state index >= 15 is 0 Å². The molecule has 0 fully saturated rings. The molecule has 2 aromatic rings. The molecule has 94 valence electrons. The van der Waals surface area contributed by atoms with Crippen molar-refractivity contribution < 1.29 is 14.3 Å². The smallest absolute Gasteiger partial charge is 0.252 e. The van der Waals surface area contributed by atoms with E-state index < -0.39 is 5.91 Å². The molecule has 1 aromatic carbocycles. The number of methoxy groups -OCH3 is 2. The second-order valence-corrected chi connectivity index (χ2v) is 4.54. The fourth-order valence-electron chi connectivity index (χ4n) is 1.72. The largest absolute Gasteiger partial charge is 0.496 e. The van der Waals surface area contributed by atoms with E-state index in [9.17, 15) is 4.79 Å². The first kappa shape index (κ1) is 12.4. The lowest BCUT2D eigenvalue weighted by Gasteiger charge is -2.12. The first-order chi connectivity index (χ1) is 8.67. The molecule has 2 rings (SSSR count). The summed E-state index contributed by atoms with van der Waals surface area (Å²) in [6, 6.07) is 7.27. The molecule has 0 spiro atoms. The Morgan fingerprint density at radius 2 is 1.94 bits per heavy atom. The Morgan fingerprint density at radius 3 is 2.44 bits per heavy atom. The molecular formula is C13H13NO3S. The molecule has 5 heteroatoms. The second-order valence-electron chi connectivity index (χ2n) is 3.59. The highest BCUT2D eigenvalue weighted by atomic mass is 32.1. The summed E-state index contributed by atoms with van der Waals surface area (Å²) in [6.07, 6.45) is 0. The van der Waals surface area contributed by atoms with Gasteiger partial charge in [-0.1, -0.05) is 6.07 Å². The van der Waals surface area contributed by atoms with Gasteiger partial charge in [-0.05, 0) is 17.5 Å². The highest BCUT2D eigenvalue weighted by Crippen LogP contribution is 2.37. The number of ether oxygens (including phenoxy) is 2. The standard InChI is InChI=1S/C13H13NO3S/c1-16-10-7-11(17-2)9(13(14)15)6-8(10)12-4-3-5-18-12/h3-7H,1-2H3,(H2,14,15). The van der Waals surface area contributed by atoms with Gasteiger partial charge in [0, 0.05) is 16.5 Å². The van der Waals surface area contributed by atoms with Crippen LogP contribution in [0.4, 0.5) is 0 Å². The van der Waals surface area contributed by atoms with E-state index in [2.05, 4.69) is 0 Å². The summed E-state index contributed by atoms with van der Waals surface area (Å²) in [7, 11) is 3.07. The number of rotatable bonds is 4. The van der Waals surface area contributed by atoms with Crippen LogP contribution in [0.1, 0.15) is 10.4 Å². The van der Waals surface area contributed by atoms with Crippen molar-refractivity contribution in [1.82, 2.24) is 0 Å². The number of thiophene rings is 1. The molecule has 0 aliphatic carbocycles. The SMILES string of the molecule is COc1cc(OC)c(-c2cccs2)cc1C(N)=O. The van der Waals surface area contributed by atoms with Crippen LogP contribution in [-0.2, 0) is 0 Å². The van der Waals surface area contributed by atoms with E-state index in [-0.39, 0.29) is 0 Å². The van der Waals surface area contributed by atoms with Gasteiger partial charge in [0.15, 0.2) is 0 Å². The number of carbonyl (C=O) groups is 1. The van der Waals surface area contributed by atoms with Crippen molar-refractivity contribution in [2.24, 2.45) is 5.73 Å². The summed E-state index contributed by atoms with van der Waals surface area (Å²) in [4.78, 5) is 12.4. The van der Waals surface area contributed by atoms with Gasteiger partial charge >= 0.3 is 0 Å². The van der Waals surface area contributed by atoms with Gasteiger partial charge in [0.05, 0.1) is 19.8 Å². The van der Waals surface area contributed by atoms with Gasteiger partial charge in [-0.25, -0.2) is 0 Å². The molecule has 0 saturated heterocycles. The van der Waals surface area contributed by atoms with Crippen molar-refractivity contribution in [3.63, 3.8) is 0 Å². The third kappa shape index (κ3) is 2.17. The number of benzene rings is 1. The van der Waals surface area contributed by atoms with Crippen LogP contribution < -0.4 is 15.2 Å². The van der Waals surface area contributed by atoms with Crippen LogP contribution >= 0.6 is 11.3 Å². The lowest BCUT2D eigenvalue weighted by atomic mass is 10.1. The van der Waals surface area contributed by atoms with Crippen molar-refractivity contribution in [3.8, 4) is 21.9 Å². The predicted octanol–water partition coefficient (Wildman–Crippen LogP) is 2.53. The Labute approximate surface area is 109 Å². The molecule has 1 amide bonds. The lowest BCUT2D eigenvalue weighted by Crippen LogP contribution is -2.12. The molecule has 0 radical (unpaired) electrons. The molecule has 1 aromatic heterocycles. The predicted molar refractivity (Wildman–Crippen MR) is 71.4 cm³/mol. The van der Waals surface area contributed by atoms with Crippen molar-refractivity contribution in [2.75, 3.05) is 14.2 Å². The Morgan fingerprint density at radius 1 is 1.22 bits per heavy atom. The third-order valence-corrected chi connectivity index (χ3v) is 3.48. The monoisotopic (exact) mass is 263 g/mol. The van der Waals surface area contributed by atoms with Gasteiger partial charge in [-0.15, -0.1) is 11.3 Å². The summed E-state index contributed by atoms with van der Waals surface area (Å²) in [5.74, 6) is 0.547. The average Bonchev–Trinajstić information content (AvgIpc) is 2.90. The van der Waals surface area contributed by atoms with E-state index in [0.29, 0.717) is 17.1 Å². The van der Waals surface area contributed by atoms with Gasteiger partial charge in [-0.3, -0.25) is 4.79 Å². The average molecular weight is 263 g/mol. The Bertz CT molecular complexity index is 564. The van der Waals surface area contributed by atoms with Crippen molar-refractivity contribution >= 4 is 17.2 Å². The Balaban J connectivity index is 2.65. The molecule has 0 bridgehead atoms. The molecular weight excluding hydrogens is 250 g/mol. The highest BCUT2D eigenvalue weighted by molar-refractivity contribution is 7.13. The summed E-state index contributed by atoms with van der Waals surface area (Å²) in [5.41, 5.74) is 6.53. The van der Waals surface area contributed by atoms with Crippen LogP contribution in [-0.4, -0.2) is 20.1 Å². The molecule has 0 aliphatic rings. The number of carbonyl (C=O) groups excluding carboxylic acids is 1. The molecule has 2 N–H and O–H groups in total. The quantitative estimate of drug-likeness (QED) is 0.922. The Kier molecular flexibility index (Phi) is 3.53. The summed E-state index contributed by atoms with van der Waals surface area (Å²) in [5, 5.41) is 1.96. The van der Waals surface area contributed by atoms with Crippen LogP contribution in [0, 0.1) is 0 Å². The minimum atomic E-state index is -0.521. The van der Waals surface area contributed by atoms with Crippen molar-refractivity contribution in [2.45, 2.75) is 0 Å². The first-order valence-corrected chi connectivity index (χ1v) is 6.15. The minimum absolute atomic E-state index is 0.349. The molecule has 0 saturated carbocycles. The van der Waals surface area contributed by atoms with Gasteiger partial charge in [0.1, 0.15) is 11.5 Å². The maximum Gasteiger partial charge on any atom is 0.252 e. The highest BCUT2D eigenvalue weighted by Gasteiger charge is 2.16. The van der Waals surface area contributed by atoms with Crippen LogP contribution in [0.2, 0.25) is 0 Å². The van der Waals surface area contributed by atoms with Crippen LogP contribution in [0.5, 0.6) is 11.5 Å². The lowest BCUT2D eigenvalue weighted by molar-refractivity contribution is 0.0997. The van der Waals surface area contributed by atoms with E-state index in [1.54, 1.807) is 30.6 Å². The molecule has 4 nitrogen and oxygen atoms in total. The summed E-state index contributed by atoms with van der Waals surface area (Å²) in [6.45, 7) is 0. The minimum Gasteiger partial charge on any atom is -0.496 e. The maximum absolute atomic E-state index is 11.4. The number of nitrogens with two attached hydrogens (primary N) is 1. The van der Waals surface area contributed by atoms with Gasteiger partial charge in [0.25, 0.3) is 5.91 Å².